The molecule has 0 fully saturated rings. The second-order valence-corrected chi connectivity index (χ2v) is 4.78. The van der Waals surface area contributed by atoms with Crippen molar-refractivity contribution in [3.8, 4) is 0 Å². The number of carbonyl (C=O) groups is 2. The van der Waals surface area contributed by atoms with Gasteiger partial charge in [-0.25, -0.2) is 8.42 Å². The lowest BCUT2D eigenvalue weighted by molar-refractivity contribution is -0.148. The first-order chi connectivity index (χ1) is 6.26. The number of rotatable bonds is 5. The minimum Gasteiger partial charge on any atom is -0.446 e. The Morgan fingerprint density at radius 3 is 2.21 bits per heavy atom. The van der Waals surface area contributed by atoms with Gasteiger partial charge in [0.2, 0.25) is 6.10 Å². The normalized spacial score (nSPS) is 13.0. The van der Waals surface area contributed by atoms with Crippen molar-refractivity contribution in [1.82, 2.24) is 0 Å². The summed E-state index contributed by atoms with van der Waals surface area (Å²) in [6.45, 7) is 0.998. The van der Waals surface area contributed by atoms with Gasteiger partial charge >= 0.3 is 5.97 Å². The van der Waals surface area contributed by atoms with Crippen molar-refractivity contribution in [2.24, 2.45) is 0 Å². The van der Waals surface area contributed by atoms with Gasteiger partial charge in [-0.2, -0.15) is 0 Å². The van der Waals surface area contributed by atoms with Crippen LogP contribution in [0.1, 0.15) is 6.92 Å². The van der Waals surface area contributed by atoms with Crippen LogP contribution in [0.5, 0.6) is 0 Å². The van der Waals surface area contributed by atoms with E-state index in [0.29, 0.717) is 0 Å². The third-order valence-corrected chi connectivity index (χ3v) is 1.90. The van der Waals surface area contributed by atoms with E-state index in [1.54, 1.807) is 0 Å². The summed E-state index contributed by atoms with van der Waals surface area (Å²) >= 11 is 0. The molecule has 0 heterocycles. The van der Waals surface area contributed by atoms with Crippen molar-refractivity contribution in [2.75, 3.05) is 12.0 Å². The Bertz CT molecular complexity index is 341. The highest BCUT2D eigenvalue weighted by Gasteiger charge is 2.24. The fourth-order valence-corrected chi connectivity index (χ4v) is 1.32. The molecule has 0 aliphatic carbocycles. The van der Waals surface area contributed by atoms with Crippen LogP contribution < -0.4 is 0 Å². The predicted octanol–water partition coefficient (Wildman–Crippen LogP) is -1.36. The number of ketones is 1. The lowest BCUT2D eigenvalue weighted by Crippen LogP contribution is -2.32. The Kier molecular flexibility index (Phi) is 4.42. The molecule has 0 saturated carbocycles. The summed E-state index contributed by atoms with van der Waals surface area (Å²) < 4.78 is 25.5. The van der Waals surface area contributed by atoms with E-state index in [1.807, 2.05) is 0 Å². The van der Waals surface area contributed by atoms with E-state index < -0.39 is 33.4 Å². The van der Waals surface area contributed by atoms with Crippen LogP contribution in [0.3, 0.4) is 0 Å². The predicted molar refractivity (Wildman–Crippen MR) is 46.0 cm³/mol. The Morgan fingerprint density at radius 1 is 1.43 bits per heavy atom. The molecule has 0 rings (SSSR count). The zero-order valence-electron chi connectivity index (χ0n) is 7.64. The van der Waals surface area contributed by atoms with Crippen LogP contribution in [0.15, 0.2) is 0 Å². The molecule has 0 bridgehead atoms. The first-order valence-corrected chi connectivity index (χ1v) is 5.57. The first-order valence-electron chi connectivity index (χ1n) is 3.51. The molecule has 0 N–H and O–H groups in total. The maximum absolute atomic E-state index is 11.0. The molecular formula is C7H9O6S. The Hall–Kier alpha value is -1.24. The highest BCUT2D eigenvalue weighted by atomic mass is 32.2. The maximum Gasteiger partial charge on any atom is 0.303 e. The first kappa shape index (κ1) is 12.8. The molecule has 0 aromatic carbocycles. The molecule has 0 aromatic heterocycles. The number of hydrogen-bond acceptors (Lipinski definition) is 6. The molecule has 0 spiro atoms. The quantitative estimate of drug-likeness (QED) is 0.420. The van der Waals surface area contributed by atoms with Crippen LogP contribution in [0.2, 0.25) is 0 Å². The average molecular weight is 221 g/mol. The molecule has 0 saturated heterocycles. The number of Topliss-reactive ketones (excluding diaryl/α,β-unsaturated/α-hetero) is 1. The monoisotopic (exact) mass is 221 g/mol. The fourth-order valence-electron chi connectivity index (χ4n) is 0.656. The molecule has 1 unspecified atom stereocenters. The molecule has 14 heavy (non-hydrogen) atoms. The standard InChI is InChI=1S/C7H9O6S/c1-5(9)13-7(3-8)6(10)4-14(2,11)12/h7H,4H2,1-2H3. The number of sulfone groups is 1. The van der Waals surface area contributed by atoms with Crippen molar-refractivity contribution in [3.05, 3.63) is 0 Å². The summed E-state index contributed by atoms with van der Waals surface area (Å²) in [7, 11) is -3.53. The van der Waals surface area contributed by atoms with Gasteiger partial charge in [-0.15, -0.1) is 0 Å². The van der Waals surface area contributed by atoms with Crippen LogP contribution in [-0.4, -0.2) is 44.6 Å². The molecule has 1 atom stereocenters. The van der Waals surface area contributed by atoms with E-state index in [1.165, 1.54) is 0 Å². The minimum absolute atomic E-state index is 0.834. The van der Waals surface area contributed by atoms with Crippen LogP contribution in [0.25, 0.3) is 0 Å². The third kappa shape index (κ3) is 5.41. The maximum atomic E-state index is 11.0. The summed E-state index contributed by atoms with van der Waals surface area (Å²) in [6.07, 6.45) is 0.235. The summed E-state index contributed by atoms with van der Waals surface area (Å²) in [5.74, 6) is -2.70. The number of esters is 1. The zero-order valence-corrected chi connectivity index (χ0v) is 8.46. The molecule has 7 heteroatoms. The van der Waals surface area contributed by atoms with Crippen LogP contribution in [0, 0.1) is 0 Å². The number of ether oxygens (including phenoxy) is 1. The molecular weight excluding hydrogens is 212 g/mol. The van der Waals surface area contributed by atoms with E-state index in [9.17, 15) is 22.8 Å². The van der Waals surface area contributed by atoms with Crippen molar-refractivity contribution < 1.29 is 27.5 Å². The highest BCUT2D eigenvalue weighted by molar-refractivity contribution is 7.91. The summed E-state index contributed by atoms with van der Waals surface area (Å²) in [6, 6.07) is 0. The van der Waals surface area contributed by atoms with Gasteiger partial charge in [-0.3, -0.25) is 14.4 Å². The van der Waals surface area contributed by atoms with E-state index >= 15 is 0 Å². The molecule has 1 radical (unpaired) electrons. The van der Waals surface area contributed by atoms with E-state index in [4.69, 9.17) is 0 Å². The van der Waals surface area contributed by atoms with Crippen molar-refractivity contribution in [3.63, 3.8) is 0 Å². The van der Waals surface area contributed by atoms with Crippen molar-refractivity contribution in [1.29, 1.82) is 0 Å². The van der Waals surface area contributed by atoms with Gasteiger partial charge in [0, 0.05) is 13.2 Å². The van der Waals surface area contributed by atoms with Gasteiger partial charge in [0.1, 0.15) is 5.75 Å². The molecule has 0 aliphatic rings. The van der Waals surface area contributed by atoms with Gasteiger partial charge < -0.3 is 4.74 Å². The van der Waals surface area contributed by atoms with Crippen LogP contribution in [-0.2, 0) is 29.0 Å². The number of hydrogen-bond donors (Lipinski definition) is 0. The zero-order chi connectivity index (χ0) is 11.4. The average Bonchev–Trinajstić information content (AvgIpc) is 1.96. The Balaban J connectivity index is 4.48. The second-order valence-electron chi connectivity index (χ2n) is 2.64. The van der Waals surface area contributed by atoms with Gasteiger partial charge in [0.25, 0.3) is 6.29 Å². The van der Waals surface area contributed by atoms with E-state index in [0.717, 1.165) is 19.5 Å². The largest absolute Gasteiger partial charge is 0.446 e. The van der Waals surface area contributed by atoms with Crippen molar-refractivity contribution in [2.45, 2.75) is 13.0 Å². The molecule has 0 amide bonds. The highest BCUT2D eigenvalue weighted by Crippen LogP contribution is 1.95. The van der Waals surface area contributed by atoms with Gasteiger partial charge in [-0.05, 0) is 0 Å². The SMILES string of the molecule is CC(=O)OC([C]=O)C(=O)CS(C)(=O)=O. The van der Waals surface area contributed by atoms with Crippen LogP contribution in [0.4, 0.5) is 0 Å². The van der Waals surface area contributed by atoms with Crippen molar-refractivity contribution >= 4 is 27.9 Å². The topological polar surface area (TPSA) is 94.6 Å². The lowest BCUT2D eigenvalue weighted by atomic mass is 10.3. The molecule has 0 aromatic rings. The van der Waals surface area contributed by atoms with Crippen LogP contribution >= 0.6 is 0 Å². The second kappa shape index (κ2) is 4.85. The van der Waals surface area contributed by atoms with Gasteiger partial charge in [0.05, 0.1) is 0 Å². The lowest BCUT2D eigenvalue weighted by Gasteiger charge is -2.07. The third-order valence-electron chi connectivity index (χ3n) is 1.09. The fraction of sp³-hybridized carbons (Fsp3) is 0.571. The Labute approximate surface area is 81.2 Å². The smallest absolute Gasteiger partial charge is 0.303 e. The minimum atomic E-state index is -3.53. The molecule has 79 valence electrons. The van der Waals surface area contributed by atoms with Gasteiger partial charge in [0.15, 0.2) is 15.6 Å². The summed E-state index contributed by atoms with van der Waals surface area (Å²) in [5, 5.41) is 0. The number of carbonyl (C=O) groups excluding carboxylic acids is 3. The Morgan fingerprint density at radius 2 is 1.93 bits per heavy atom. The summed E-state index contributed by atoms with van der Waals surface area (Å²) in [4.78, 5) is 31.5. The molecule has 6 nitrogen and oxygen atoms in total. The van der Waals surface area contributed by atoms with E-state index in [2.05, 4.69) is 4.74 Å². The molecule has 0 aliphatic heterocycles. The van der Waals surface area contributed by atoms with E-state index in [-0.39, 0.29) is 0 Å². The van der Waals surface area contributed by atoms with Gasteiger partial charge in [-0.1, -0.05) is 0 Å². The summed E-state index contributed by atoms with van der Waals surface area (Å²) in [5.41, 5.74) is 0.